The molecule has 0 bridgehead atoms. The van der Waals surface area contributed by atoms with Crippen molar-refractivity contribution in [2.45, 2.75) is 0 Å². The van der Waals surface area contributed by atoms with Crippen molar-refractivity contribution >= 4 is 37.8 Å². The molecule has 0 saturated heterocycles. The largest absolute Gasteiger partial charge is 0.492 e. The van der Waals surface area contributed by atoms with E-state index in [4.69, 9.17) is 4.74 Å². The molecule has 0 aliphatic rings. The second-order valence-electron chi connectivity index (χ2n) is 4.04. The summed E-state index contributed by atoms with van der Waals surface area (Å²) in [6.07, 6.45) is 0. The highest BCUT2D eigenvalue weighted by Crippen LogP contribution is 2.16. The van der Waals surface area contributed by atoms with Crippen molar-refractivity contribution in [3.8, 4) is 5.75 Å². The van der Waals surface area contributed by atoms with E-state index in [1.54, 1.807) is 6.07 Å². The summed E-state index contributed by atoms with van der Waals surface area (Å²) in [7, 11) is 0. The quantitative estimate of drug-likeness (QED) is 0.772. The van der Waals surface area contributed by atoms with Gasteiger partial charge in [-0.15, -0.1) is 0 Å². The summed E-state index contributed by atoms with van der Waals surface area (Å²) in [6, 6.07) is 14.9. The van der Waals surface area contributed by atoms with Gasteiger partial charge < -0.3 is 10.1 Å². The van der Waals surface area contributed by atoms with Crippen LogP contribution in [0.15, 0.2) is 57.5 Å². The second kappa shape index (κ2) is 7.45. The molecule has 1 amide bonds. The van der Waals surface area contributed by atoms with Gasteiger partial charge in [-0.2, -0.15) is 0 Å². The van der Waals surface area contributed by atoms with Gasteiger partial charge >= 0.3 is 0 Å². The van der Waals surface area contributed by atoms with E-state index in [1.807, 2.05) is 42.5 Å². The number of nitrogens with one attached hydrogen (secondary N) is 1. The van der Waals surface area contributed by atoms with Gasteiger partial charge in [0.15, 0.2) is 0 Å². The molecule has 3 nitrogen and oxygen atoms in total. The summed E-state index contributed by atoms with van der Waals surface area (Å²) in [5.74, 6) is 0.667. The third-order valence-electron chi connectivity index (χ3n) is 2.59. The molecule has 2 aromatic carbocycles. The first-order chi connectivity index (χ1) is 9.66. The van der Waals surface area contributed by atoms with E-state index in [0.717, 1.165) is 14.7 Å². The maximum atomic E-state index is 11.9. The first-order valence-electron chi connectivity index (χ1n) is 6.08. The molecule has 0 aliphatic carbocycles. The SMILES string of the molecule is O=C(NCCOc1ccc(Br)cc1)c1ccccc1Br. The predicted molar refractivity (Wildman–Crippen MR) is 86.1 cm³/mol. The number of carbonyl (C=O) groups excluding carboxylic acids is 1. The fourth-order valence-electron chi connectivity index (χ4n) is 1.60. The van der Waals surface area contributed by atoms with Crippen LogP contribution in [0.5, 0.6) is 5.75 Å². The van der Waals surface area contributed by atoms with Crippen LogP contribution in [0.1, 0.15) is 10.4 Å². The predicted octanol–water partition coefficient (Wildman–Crippen LogP) is 4.02. The van der Waals surface area contributed by atoms with Gasteiger partial charge in [0.05, 0.1) is 12.1 Å². The van der Waals surface area contributed by atoms with E-state index in [2.05, 4.69) is 37.2 Å². The molecule has 0 fully saturated rings. The molecule has 0 aromatic heterocycles. The van der Waals surface area contributed by atoms with Crippen molar-refractivity contribution < 1.29 is 9.53 Å². The smallest absolute Gasteiger partial charge is 0.252 e. The van der Waals surface area contributed by atoms with Gasteiger partial charge in [0.1, 0.15) is 12.4 Å². The van der Waals surface area contributed by atoms with Gasteiger partial charge in [0.2, 0.25) is 0 Å². The molecule has 104 valence electrons. The molecule has 0 unspecified atom stereocenters. The number of ether oxygens (including phenoxy) is 1. The van der Waals surface area contributed by atoms with Crippen LogP contribution in [0, 0.1) is 0 Å². The van der Waals surface area contributed by atoms with Crippen molar-refractivity contribution in [3.63, 3.8) is 0 Å². The molecule has 1 N–H and O–H groups in total. The highest BCUT2D eigenvalue weighted by molar-refractivity contribution is 9.10. The molecular formula is C15H13Br2NO2. The Hall–Kier alpha value is -1.33. The summed E-state index contributed by atoms with van der Waals surface area (Å²) < 4.78 is 7.32. The molecule has 0 aliphatic heterocycles. The van der Waals surface area contributed by atoms with Crippen LogP contribution in [-0.2, 0) is 0 Å². The first kappa shape index (κ1) is 15.1. The zero-order valence-corrected chi connectivity index (χ0v) is 13.8. The number of halogens is 2. The van der Waals surface area contributed by atoms with E-state index in [1.165, 1.54) is 0 Å². The Morgan fingerprint density at radius 2 is 1.75 bits per heavy atom. The highest BCUT2D eigenvalue weighted by Gasteiger charge is 2.07. The second-order valence-corrected chi connectivity index (χ2v) is 5.81. The van der Waals surface area contributed by atoms with Gasteiger partial charge in [-0.3, -0.25) is 4.79 Å². The van der Waals surface area contributed by atoms with Crippen LogP contribution in [-0.4, -0.2) is 19.1 Å². The lowest BCUT2D eigenvalue weighted by molar-refractivity contribution is 0.0946. The maximum absolute atomic E-state index is 11.9. The molecule has 0 radical (unpaired) electrons. The van der Waals surface area contributed by atoms with Gasteiger partial charge in [-0.05, 0) is 52.3 Å². The Balaban J connectivity index is 1.77. The Labute approximate surface area is 134 Å². The molecule has 20 heavy (non-hydrogen) atoms. The van der Waals surface area contributed by atoms with Crippen LogP contribution in [0.3, 0.4) is 0 Å². The number of hydrogen-bond donors (Lipinski definition) is 1. The third kappa shape index (κ3) is 4.35. The minimum Gasteiger partial charge on any atom is -0.492 e. The number of benzene rings is 2. The Kier molecular flexibility index (Phi) is 5.61. The lowest BCUT2D eigenvalue weighted by Gasteiger charge is -2.08. The molecule has 2 aromatic rings. The van der Waals surface area contributed by atoms with Crippen LogP contribution in [0.2, 0.25) is 0 Å². The van der Waals surface area contributed by atoms with Crippen LogP contribution in [0.4, 0.5) is 0 Å². The number of rotatable bonds is 5. The fourth-order valence-corrected chi connectivity index (χ4v) is 2.33. The van der Waals surface area contributed by atoms with Crippen LogP contribution < -0.4 is 10.1 Å². The van der Waals surface area contributed by atoms with Crippen molar-refractivity contribution in [3.05, 3.63) is 63.0 Å². The molecule has 0 saturated carbocycles. The summed E-state index contributed by atoms with van der Waals surface area (Å²) in [5.41, 5.74) is 0.621. The number of amides is 1. The highest BCUT2D eigenvalue weighted by atomic mass is 79.9. The van der Waals surface area contributed by atoms with Crippen molar-refractivity contribution in [1.82, 2.24) is 5.32 Å². The lowest BCUT2D eigenvalue weighted by atomic mass is 10.2. The zero-order valence-electron chi connectivity index (χ0n) is 10.6. The maximum Gasteiger partial charge on any atom is 0.252 e. The summed E-state index contributed by atoms with van der Waals surface area (Å²) in [4.78, 5) is 11.9. The zero-order chi connectivity index (χ0) is 14.4. The van der Waals surface area contributed by atoms with Crippen molar-refractivity contribution in [2.75, 3.05) is 13.2 Å². The van der Waals surface area contributed by atoms with E-state index in [9.17, 15) is 4.79 Å². The standard InChI is InChI=1S/C15H13Br2NO2/c16-11-5-7-12(8-6-11)20-10-9-18-15(19)13-3-1-2-4-14(13)17/h1-8H,9-10H2,(H,18,19). The van der Waals surface area contributed by atoms with Gasteiger partial charge in [0.25, 0.3) is 5.91 Å². The molecule has 0 atom stereocenters. The molecule has 5 heteroatoms. The van der Waals surface area contributed by atoms with E-state index in [0.29, 0.717) is 18.7 Å². The average molecular weight is 399 g/mol. The van der Waals surface area contributed by atoms with Crippen LogP contribution in [0.25, 0.3) is 0 Å². The van der Waals surface area contributed by atoms with Gasteiger partial charge in [0, 0.05) is 8.95 Å². The Morgan fingerprint density at radius 3 is 2.45 bits per heavy atom. The van der Waals surface area contributed by atoms with E-state index in [-0.39, 0.29) is 5.91 Å². The van der Waals surface area contributed by atoms with Crippen LogP contribution >= 0.6 is 31.9 Å². The van der Waals surface area contributed by atoms with Gasteiger partial charge in [-0.1, -0.05) is 28.1 Å². The number of carbonyl (C=O) groups is 1. The topological polar surface area (TPSA) is 38.3 Å². The summed E-state index contributed by atoms with van der Waals surface area (Å²) in [6.45, 7) is 0.883. The van der Waals surface area contributed by atoms with Crippen molar-refractivity contribution in [1.29, 1.82) is 0 Å². The summed E-state index contributed by atoms with van der Waals surface area (Å²) in [5, 5.41) is 2.82. The molecule has 0 heterocycles. The minimum absolute atomic E-state index is 0.114. The normalized spacial score (nSPS) is 10.1. The molecular weight excluding hydrogens is 386 g/mol. The average Bonchev–Trinajstić information content (AvgIpc) is 2.46. The minimum atomic E-state index is -0.114. The van der Waals surface area contributed by atoms with Crippen molar-refractivity contribution in [2.24, 2.45) is 0 Å². The first-order valence-corrected chi connectivity index (χ1v) is 7.66. The lowest BCUT2D eigenvalue weighted by Crippen LogP contribution is -2.28. The Bertz CT molecular complexity index is 585. The molecule has 0 spiro atoms. The molecule has 2 rings (SSSR count). The Morgan fingerprint density at radius 1 is 1.05 bits per heavy atom. The van der Waals surface area contributed by atoms with Gasteiger partial charge in [-0.25, -0.2) is 0 Å². The number of hydrogen-bond acceptors (Lipinski definition) is 2. The third-order valence-corrected chi connectivity index (χ3v) is 3.81. The fraction of sp³-hybridized carbons (Fsp3) is 0.133. The van der Waals surface area contributed by atoms with E-state index >= 15 is 0 Å². The monoisotopic (exact) mass is 397 g/mol. The van der Waals surface area contributed by atoms with E-state index < -0.39 is 0 Å². The summed E-state index contributed by atoms with van der Waals surface area (Å²) >= 11 is 6.71.